The molecule has 0 unspecified atom stereocenters. The summed E-state index contributed by atoms with van der Waals surface area (Å²) >= 11 is 0. The molecular weight excluding hydrogens is 532 g/mol. The van der Waals surface area contributed by atoms with Crippen molar-refractivity contribution in [1.29, 1.82) is 0 Å². The Morgan fingerprint density at radius 3 is 2.16 bits per heavy atom. The maximum absolute atomic E-state index is 12.1. The quantitative estimate of drug-likeness (QED) is 0.121. The molecular formula is C36H48N6O. The highest BCUT2D eigenvalue weighted by Gasteiger charge is 2.14. The number of carbonyl (C=O) groups is 1. The minimum Gasteiger partial charge on any atom is -0.394 e. The third kappa shape index (κ3) is 10.8. The summed E-state index contributed by atoms with van der Waals surface area (Å²) in [5.41, 5.74) is 8.65. The van der Waals surface area contributed by atoms with Gasteiger partial charge in [0.25, 0.3) is 0 Å². The number of aromatic nitrogens is 3. The number of nitrogens with zero attached hydrogens (tertiary/aromatic N) is 3. The number of benzene rings is 1. The first-order chi connectivity index (χ1) is 20.9. The first kappa shape index (κ1) is 34.8. The summed E-state index contributed by atoms with van der Waals surface area (Å²) in [6, 6.07) is 17.9. The zero-order chi connectivity index (χ0) is 31.6. The number of aryl methyl sites for hydroxylation is 3. The molecule has 0 saturated carbocycles. The molecule has 0 aliphatic rings. The van der Waals surface area contributed by atoms with Gasteiger partial charge in [-0.1, -0.05) is 45.9 Å². The summed E-state index contributed by atoms with van der Waals surface area (Å²) in [5.74, 6) is 0.482. The molecule has 0 aliphatic heterocycles. The molecule has 0 spiro atoms. The first-order valence-electron chi connectivity index (χ1n) is 15.2. The summed E-state index contributed by atoms with van der Waals surface area (Å²) in [5, 5.41) is 9.62. The average molecular weight is 581 g/mol. The van der Waals surface area contributed by atoms with Gasteiger partial charge in [-0.25, -0.2) is 4.98 Å². The molecule has 0 amide bonds. The summed E-state index contributed by atoms with van der Waals surface area (Å²) in [6.45, 7) is 16.7. The van der Waals surface area contributed by atoms with Gasteiger partial charge in [0.1, 0.15) is 5.82 Å². The molecule has 0 aliphatic carbocycles. The van der Waals surface area contributed by atoms with Gasteiger partial charge in [0.05, 0.1) is 17.0 Å². The Balaban J connectivity index is 0.000000631. The highest BCUT2D eigenvalue weighted by atomic mass is 16.1. The van der Waals surface area contributed by atoms with Crippen LogP contribution in [0.2, 0.25) is 0 Å². The maximum atomic E-state index is 12.1. The van der Waals surface area contributed by atoms with E-state index in [0.717, 1.165) is 51.3 Å². The van der Waals surface area contributed by atoms with E-state index < -0.39 is 0 Å². The average Bonchev–Trinajstić information content (AvgIpc) is 3.02. The lowest BCUT2D eigenvalue weighted by Gasteiger charge is -2.15. The van der Waals surface area contributed by atoms with Crippen molar-refractivity contribution in [3.63, 3.8) is 0 Å². The van der Waals surface area contributed by atoms with Gasteiger partial charge in [-0.15, -0.1) is 0 Å². The molecule has 3 N–H and O–H groups in total. The van der Waals surface area contributed by atoms with Crippen LogP contribution in [0.1, 0.15) is 73.4 Å². The van der Waals surface area contributed by atoms with E-state index in [0.29, 0.717) is 17.1 Å². The van der Waals surface area contributed by atoms with E-state index in [2.05, 4.69) is 58.8 Å². The van der Waals surface area contributed by atoms with Gasteiger partial charge in [0.2, 0.25) is 0 Å². The normalized spacial score (nSPS) is 10.3. The van der Waals surface area contributed by atoms with Crippen LogP contribution < -0.4 is 16.0 Å². The molecule has 3 heterocycles. The Morgan fingerprint density at radius 1 is 0.837 bits per heavy atom. The number of nitrogens with one attached hydrogen (secondary N) is 3. The number of rotatable bonds is 11. The van der Waals surface area contributed by atoms with Crippen molar-refractivity contribution in [3.8, 4) is 22.5 Å². The molecule has 4 rings (SSSR count). The number of aldehydes is 1. The predicted octanol–water partition coefficient (Wildman–Crippen LogP) is 8.30. The Morgan fingerprint density at radius 2 is 1.58 bits per heavy atom. The van der Waals surface area contributed by atoms with E-state index in [1.807, 2.05) is 89.5 Å². The molecule has 0 fully saturated rings. The van der Waals surface area contributed by atoms with Crippen LogP contribution in [0, 0.1) is 20.8 Å². The molecule has 3 aromatic heterocycles. The molecule has 0 bridgehead atoms. The van der Waals surface area contributed by atoms with Crippen LogP contribution >= 0.6 is 0 Å². The monoisotopic (exact) mass is 580 g/mol. The van der Waals surface area contributed by atoms with Crippen LogP contribution in [0.25, 0.3) is 28.6 Å². The molecule has 7 nitrogen and oxygen atoms in total. The molecule has 43 heavy (non-hydrogen) atoms. The summed E-state index contributed by atoms with van der Waals surface area (Å²) < 4.78 is 0. The summed E-state index contributed by atoms with van der Waals surface area (Å²) in [7, 11) is 1.81. The zero-order valence-corrected chi connectivity index (χ0v) is 27.1. The molecule has 0 radical (unpaired) electrons. The second-order valence-corrected chi connectivity index (χ2v) is 9.86. The number of pyridine rings is 3. The molecule has 7 heteroatoms. The van der Waals surface area contributed by atoms with Crippen molar-refractivity contribution in [1.82, 2.24) is 25.6 Å². The second kappa shape index (κ2) is 18.9. The predicted molar refractivity (Wildman–Crippen MR) is 183 cm³/mol. The summed E-state index contributed by atoms with van der Waals surface area (Å²) in [4.78, 5) is 25.9. The zero-order valence-electron chi connectivity index (χ0n) is 27.1. The number of hydrogen-bond acceptors (Lipinski definition) is 7. The molecule has 0 atom stereocenters. The molecule has 0 saturated heterocycles. The maximum Gasteiger partial charge on any atom is 0.154 e. The van der Waals surface area contributed by atoms with E-state index >= 15 is 0 Å². The van der Waals surface area contributed by atoms with E-state index in [1.165, 1.54) is 25.9 Å². The molecule has 228 valence electrons. The largest absolute Gasteiger partial charge is 0.394 e. The van der Waals surface area contributed by atoms with Gasteiger partial charge in [-0.05, 0) is 112 Å². The molecule has 4 aromatic rings. The Labute approximate surface area is 258 Å². The van der Waals surface area contributed by atoms with E-state index in [1.54, 1.807) is 6.20 Å². The Hall–Kier alpha value is -4.36. The highest BCUT2D eigenvalue weighted by Crippen LogP contribution is 2.30. The van der Waals surface area contributed by atoms with Crippen molar-refractivity contribution in [2.75, 3.05) is 25.5 Å². The smallest absolute Gasteiger partial charge is 0.154 e. The second-order valence-electron chi connectivity index (χ2n) is 9.86. The van der Waals surface area contributed by atoms with E-state index in [9.17, 15) is 4.79 Å². The van der Waals surface area contributed by atoms with Gasteiger partial charge in [0.15, 0.2) is 6.29 Å². The fourth-order valence-corrected chi connectivity index (χ4v) is 4.23. The minimum absolute atomic E-state index is 0.479. The topological polar surface area (TPSA) is 91.8 Å². The fourth-order valence-electron chi connectivity index (χ4n) is 4.23. The van der Waals surface area contributed by atoms with Crippen molar-refractivity contribution in [2.45, 2.75) is 61.3 Å². The first-order valence-corrected chi connectivity index (χ1v) is 15.2. The van der Waals surface area contributed by atoms with Crippen LogP contribution in [0.4, 0.5) is 11.5 Å². The third-order valence-corrected chi connectivity index (χ3v) is 6.35. The van der Waals surface area contributed by atoms with Gasteiger partial charge >= 0.3 is 0 Å². The Kier molecular flexibility index (Phi) is 15.4. The number of carbonyl (C=O) groups excluding carboxylic acids is 1. The van der Waals surface area contributed by atoms with E-state index in [-0.39, 0.29) is 0 Å². The van der Waals surface area contributed by atoms with Crippen LogP contribution in [0.3, 0.4) is 0 Å². The standard InChI is InChI=1S/C28H27N5O.C6H15N.C2H6/c1-18-14-23(10-11-24(18)22-9-8-19(2)30-16-22)32-28-25(17-34)21(12-13-29-4)15-27(33-28)26-7-5-6-20(3)31-26;1-3-5-7-6-4-2;1-2/h5-17,29H,1-4H3,(H,32,33);7H,3-6H2,1-2H3;1-2H3/b13-12-;;. The van der Waals surface area contributed by atoms with Crippen LogP contribution in [0.15, 0.2) is 67.0 Å². The lowest BCUT2D eigenvalue weighted by atomic mass is 10.0. The lowest BCUT2D eigenvalue weighted by Crippen LogP contribution is -2.14. The van der Waals surface area contributed by atoms with Gasteiger partial charge in [-0.3, -0.25) is 14.8 Å². The minimum atomic E-state index is 0.479. The van der Waals surface area contributed by atoms with E-state index in [4.69, 9.17) is 4.98 Å². The molecule has 1 aromatic carbocycles. The van der Waals surface area contributed by atoms with Crippen LogP contribution in [-0.4, -0.2) is 41.4 Å². The van der Waals surface area contributed by atoms with Crippen LogP contribution in [-0.2, 0) is 0 Å². The SMILES string of the molecule is CC.CCCNCCC.CN/C=C\c1cc(-c2cccc(C)n2)nc(Nc2ccc(-c3ccc(C)nc3)c(C)c2)c1C=O. The van der Waals surface area contributed by atoms with Crippen molar-refractivity contribution >= 4 is 23.9 Å². The summed E-state index contributed by atoms with van der Waals surface area (Å²) in [6.07, 6.45) is 8.86. The van der Waals surface area contributed by atoms with Crippen molar-refractivity contribution in [2.24, 2.45) is 0 Å². The third-order valence-electron chi connectivity index (χ3n) is 6.35. The van der Waals surface area contributed by atoms with Gasteiger partial charge in [-0.2, -0.15) is 0 Å². The number of anilines is 2. The lowest BCUT2D eigenvalue weighted by molar-refractivity contribution is 0.112. The van der Waals surface area contributed by atoms with Gasteiger partial charge < -0.3 is 16.0 Å². The van der Waals surface area contributed by atoms with Crippen molar-refractivity contribution < 1.29 is 4.79 Å². The fraction of sp³-hybridized carbons (Fsp3) is 0.333. The Bertz CT molecular complexity index is 1440. The van der Waals surface area contributed by atoms with Crippen LogP contribution in [0.5, 0.6) is 0 Å². The van der Waals surface area contributed by atoms with Gasteiger partial charge in [0, 0.05) is 35.9 Å². The van der Waals surface area contributed by atoms with Crippen molar-refractivity contribution in [3.05, 3.63) is 95.1 Å². The highest BCUT2D eigenvalue weighted by molar-refractivity contribution is 5.91. The number of hydrogen-bond donors (Lipinski definition) is 3.